The van der Waals surface area contributed by atoms with Gasteiger partial charge in [-0.05, 0) is 55.5 Å². The van der Waals surface area contributed by atoms with Crippen LogP contribution in [0.1, 0.15) is 58.3 Å². The van der Waals surface area contributed by atoms with E-state index in [1.807, 2.05) is 50.3 Å². The zero-order valence-corrected chi connectivity index (χ0v) is 16.5. The average molecular weight is 375 g/mol. The van der Waals surface area contributed by atoms with E-state index in [-0.39, 0.29) is 5.78 Å². The lowest BCUT2D eigenvalue weighted by molar-refractivity contribution is 0.0567. The van der Waals surface area contributed by atoms with Gasteiger partial charge in [-0.25, -0.2) is 0 Å². The smallest absolute Gasteiger partial charge is 0.232 e. The van der Waals surface area contributed by atoms with Crippen molar-refractivity contribution in [3.8, 4) is 11.5 Å². The van der Waals surface area contributed by atoms with E-state index in [0.717, 1.165) is 34.5 Å². The number of aryl methyl sites for hydroxylation is 2. The van der Waals surface area contributed by atoms with E-state index in [0.29, 0.717) is 29.8 Å². The van der Waals surface area contributed by atoms with Gasteiger partial charge in [-0.1, -0.05) is 37.1 Å². The fourth-order valence-corrected chi connectivity index (χ4v) is 4.64. The monoisotopic (exact) mass is 375 g/mol. The van der Waals surface area contributed by atoms with Crippen molar-refractivity contribution in [1.29, 1.82) is 0 Å². The first-order chi connectivity index (χ1) is 13.6. The Labute approximate surface area is 165 Å². The van der Waals surface area contributed by atoms with Gasteiger partial charge in [0.15, 0.2) is 5.76 Å². The summed E-state index contributed by atoms with van der Waals surface area (Å²) in [5.74, 6) is 1.92. The van der Waals surface area contributed by atoms with Gasteiger partial charge in [0.25, 0.3) is 0 Å². The maximum absolute atomic E-state index is 13.1. The Morgan fingerprint density at radius 3 is 2.68 bits per heavy atom. The summed E-state index contributed by atoms with van der Waals surface area (Å²) in [6.07, 6.45) is 6.90. The number of ketones is 1. The number of rotatable bonds is 2. The third kappa shape index (κ3) is 2.83. The van der Waals surface area contributed by atoms with Gasteiger partial charge in [-0.2, -0.15) is 0 Å². The minimum absolute atomic E-state index is 0.0310. The first-order valence-corrected chi connectivity index (χ1v) is 10.1. The van der Waals surface area contributed by atoms with Crippen molar-refractivity contribution in [1.82, 2.24) is 4.90 Å². The molecule has 3 aliphatic rings. The molecule has 4 nitrogen and oxygen atoms in total. The molecule has 5 rings (SSSR count). The summed E-state index contributed by atoms with van der Waals surface area (Å²) in [5.41, 5.74) is 4.75. The van der Waals surface area contributed by atoms with Crippen LogP contribution in [0.15, 0.2) is 36.1 Å². The van der Waals surface area contributed by atoms with Crippen molar-refractivity contribution in [2.45, 2.75) is 52.1 Å². The van der Waals surface area contributed by atoms with Crippen molar-refractivity contribution in [3.63, 3.8) is 0 Å². The molecule has 0 saturated heterocycles. The van der Waals surface area contributed by atoms with Gasteiger partial charge in [-0.3, -0.25) is 9.69 Å². The Morgan fingerprint density at radius 2 is 1.89 bits per heavy atom. The van der Waals surface area contributed by atoms with Gasteiger partial charge in [-0.15, -0.1) is 0 Å². The van der Waals surface area contributed by atoms with Crippen LogP contribution in [0.25, 0.3) is 6.08 Å². The Kier molecular flexibility index (Phi) is 4.24. The molecule has 0 unspecified atom stereocenters. The van der Waals surface area contributed by atoms with Crippen molar-refractivity contribution in [3.05, 3.63) is 63.9 Å². The van der Waals surface area contributed by atoms with Crippen LogP contribution in [-0.2, 0) is 6.54 Å². The number of carbonyl (C=O) groups is 1. The summed E-state index contributed by atoms with van der Waals surface area (Å²) < 4.78 is 12.3. The molecule has 2 aliphatic heterocycles. The van der Waals surface area contributed by atoms with E-state index in [1.165, 1.54) is 25.7 Å². The number of hydrogen-bond acceptors (Lipinski definition) is 4. The normalized spacial score (nSPS) is 20.8. The number of Topliss-reactive ketones (excluding diaryl/α,β-unsaturated/α-hetero) is 1. The summed E-state index contributed by atoms with van der Waals surface area (Å²) >= 11 is 0. The van der Waals surface area contributed by atoms with Crippen LogP contribution in [0.5, 0.6) is 11.5 Å². The predicted octanol–water partition coefficient (Wildman–Crippen LogP) is 5.01. The third-order valence-corrected chi connectivity index (χ3v) is 6.27. The number of ether oxygens (including phenoxy) is 2. The largest absolute Gasteiger partial charge is 0.478 e. The van der Waals surface area contributed by atoms with Crippen LogP contribution >= 0.6 is 0 Å². The van der Waals surface area contributed by atoms with Crippen molar-refractivity contribution < 1.29 is 14.3 Å². The van der Waals surface area contributed by atoms with Gasteiger partial charge in [0.1, 0.15) is 18.2 Å². The summed E-state index contributed by atoms with van der Waals surface area (Å²) in [4.78, 5) is 15.5. The molecule has 0 spiro atoms. The lowest BCUT2D eigenvalue weighted by Crippen LogP contribution is -2.39. The number of nitrogens with zero attached hydrogens (tertiary/aromatic N) is 1. The molecule has 1 fully saturated rings. The number of fused-ring (bicyclic) bond motifs is 3. The highest BCUT2D eigenvalue weighted by molar-refractivity contribution is 6.16. The maximum atomic E-state index is 13.1. The lowest BCUT2D eigenvalue weighted by atomic mass is 9.98. The zero-order chi connectivity index (χ0) is 19.3. The molecule has 0 N–H and O–H groups in total. The molecule has 2 heterocycles. The van der Waals surface area contributed by atoms with E-state index in [2.05, 4.69) is 4.90 Å². The van der Waals surface area contributed by atoms with E-state index >= 15 is 0 Å². The average Bonchev–Trinajstić information content (AvgIpc) is 3.33. The van der Waals surface area contributed by atoms with Crippen LogP contribution in [0.2, 0.25) is 0 Å². The van der Waals surface area contributed by atoms with E-state index in [9.17, 15) is 4.79 Å². The van der Waals surface area contributed by atoms with Crippen LogP contribution in [0.4, 0.5) is 0 Å². The Hall–Kier alpha value is -2.59. The summed E-state index contributed by atoms with van der Waals surface area (Å²) in [5, 5.41) is 0. The fraction of sp³-hybridized carbons (Fsp3) is 0.375. The molecule has 0 aromatic heterocycles. The second-order valence-electron chi connectivity index (χ2n) is 8.13. The van der Waals surface area contributed by atoms with E-state index < -0.39 is 0 Å². The Balaban J connectivity index is 1.53. The molecule has 1 saturated carbocycles. The van der Waals surface area contributed by atoms with E-state index in [4.69, 9.17) is 9.47 Å². The molecule has 2 aromatic rings. The molecule has 2 aromatic carbocycles. The zero-order valence-electron chi connectivity index (χ0n) is 16.5. The fourth-order valence-electron chi connectivity index (χ4n) is 4.64. The minimum Gasteiger partial charge on any atom is -0.478 e. The van der Waals surface area contributed by atoms with Gasteiger partial charge in [0.05, 0.1) is 11.1 Å². The quantitative estimate of drug-likeness (QED) is 0.692. The summed E-state index contributed by atoms with van der Waals surface area (Å²) in [6.45, 7) is 5.41. The highest BCUT2D eigenvalue weighted by atomic mass is 16.5. The van der Waals surface area contributed by atoms with Crippen molar-refractivity contribution >= 4 is 11.9 Å². The van der Waals surface area contributed by atoms with Gasteiger partial charge in [0, 0.05) is 12.6 Å². The highest BCUT2D eigenvalue weighted by Crippen LogP contribution is 2.45. The molecule has 0 bridgehead atoms. The van der Waals surface area contributed by atoms with Gasteiger partial charge < -0.3 is 9.47 Å². The number of hydrogen-bond donors (Lipinski definition) is 0. The summed E-state index contributed by atoms with van der Waals surface area (Å²) in [6, 6.07) is 10.6. The van der Waals surface area contributed by atoms with Gasteiger partial charge in [0.2, 0.25) is 5.78 Å². The van der Waals surface area contributed by atoms with Gasteiger partial charge >= 0.3 is 0 Å². The van der Waals surface area contributed by atoms with Crippen molar-refractivity contribution in [2.75, 3.05) is 6.73 Å². The van der Waals surface area contributed by atoms with Crippen LogP contribution in [0, 0.1) is 13.8 Å². The minimum atomic E-state index is -0.0310. The first-order valence-electron chi connectivity index (χ1n) is 10.1. The first kappa shape index (κ1) is 17.5. The molecular weight excluding hydrogens is 350 g/mol. The summed E-state index contributed by atoms with van der Waals surface area (Å²) in [7, 11) is 0. The molecule has 0 atom stereocenters. The topological polar surface area (TPSA) is 38.8 Å². The SMILES string of the molecule is Cc1ccccc1/C=C1\Oc2c3c(cc(C)c2C1=O)OCN(C1CCCC1)C3. The molecule has 28 heavy (non-hydrogen) atoms. The third-order valence-electron chi connectivity index (χ3n) is 6.27. The highest BCUT2D eigenvalue weighted by Gasteiger charge is 2.37. The van der Waals surface area contributed by atoms with Crippen LogP contribution in [-0.4, -0.2) is 23.5 Å². The number of carbonyl (C=O) groups excluding carboxylic acids is 1. The maximum Gasteiger partial charge on any atom is 0.232 e. The Morgan fingerprint density at radius 1 is 1.11 bits per heavy atom. The predicted molar refractivity (Wildman–Crippen MR) is 109 cm³/mol. The lowest BCUT2D eigenvalue weighted by Gasteiger charge is -2.34. The second-order valence-corrected chi connectivity index (χ2v) is 8.13. The molecule has 144 valence electrons. The van der Waals surface area contributed by atoms with Crippen LogP contribution < -0.4 is 9.47 Å². The standard InChI is InChI=1S/C24H25NO3/c1-15-7-3-4-8-17(15)12-21-23(26)22-16(2)11-20-19(24(22)28-21)13-25(14-27-20)18-9-5-6-10-18/h3-4,7-8,11-12,18H,5-6,9-10,13-14H2,1-2H3/b21-12-. The molecule has 4 heteroatoms. The molecule has 0 amide bonds. The number of benzene rings is 2. The molecule has 1 aliphatic carbocycles. The molecule has 0 radical (unpaired) electrons. The second kappa shape index (κ2) is 6.78. The van der Waals surface area contributed by atoms with Crippen LogP contribution in [0.3, 0.4) is 0 Å². The van der Waals surface area contributed by atoms with Crippen molar-refractivity contribution in [2.24, 2.45) is 0 Å². The number of allylic oxidation sites excluding steroid dienone is 1. The molecular formula is C24H25NO3. The Bertz CT molecular complexity index is 986. The van der Waals surface area contributed by atoms with E-state index in [1.54, 1.807) is 0 Å².